The summed E-state index contributed by atoms with van der Waals surface area (Å²) in [5.74, 6) is -1.08. The Kier molecular flexibility index (Phi) is 6.58. The lowest BCUT2D eigenvalue weighted by molar-refractivity contribution is -0.143. The first-order chi connectivity index (χ1) is 9.45. The van der Waals surface area contributed by atoms with Gasteiger partial charge in [0.05, 0.1) is 5.75 Å². The van der Waals surface area contributed by atoms with Crippen molar-refractivity contribution in [2.24, 2.45) is 5.92 Å². The van der Waals surface area contributed by atoms with E-state index in [2.05, 4.69) is 5.32 Å². The number of aliphatic carboxylic acids is 1. The van der Waals surface area contributed by atoms with Gasteiger partial charge in [-0.25, -0.2) is 4.79 Å². The largest absolute Gasteiger partial charge is 0.480 e. The molecule has 0 aliphatic heterocycles. The van der Waals surface area contributed by atoms with Crippen molar-refractivity contribution in [3.05, 3.63) is 29.8 Å². The molecule has 0 heterocycles. The van der Waals surface area contributed by atoms with E-state index in [-0.39, 0.29) is 17.6 Å². The van der Waals surface area contributed by atoms with E-state index in [0.717, 1.165) is 10.5 Å². The fraction of sp³-hybridized carbons (Fsp3) is 0.467. The maximum atomic E-state index is 11.9. The predicted octanol–water partition coefficient (Wildman–Crippen LogP) is 2.70. The second-order valence-corrected chi connectivity index (χ2v) is 5.84. The maximum Gasteiger partial charge on any atom is 0.326 e. The topological polar surface area (TPSA) is 66.4 Å². The molecule has 2 atom stereocenters. The molecular formula is C15H21NO3S. The van der Waals surface area contributed by atoms with Gasteiger partial charge < -0.3 is 10.4 Å². The lowest BCUT2D eigenvalue weighted by Crippen LogP contribution is -2.45. The van der Waals surface area contributed by atoms with E-state index in [9.17, 15) is 9.59 Å². The van der Waals surface area contributed by atoms with Crippen LogP contribution in [0.4, 0.5) is 0 Å². The molecule has 20 heavy (non-hydrogen) atoms. The van der Waals surface area contributed by atoms with Crippen LogP contribution in [0.5, 0.6) is 0 Å². The van der Waals surface area contributed by atoms with E-state index >= 15 is 0 Å². The molecule has 110 valence electrons. The number of carbonyl (C=O) groups is 2. The van der Waals surface area contributed by atoms with Crippen molar-refractivity contribution in [3.63, 3.8) is 0 Å². The average molecular weight is 295 g/mol. The number of amides is 1. The summed E-state index contributed by atoms with van der Waals surface area (Å²) in [5, 5.41) is 11.7. The highest BCUT2D eigenvalue weighted by Crippen LogP contribution is 2.21. The molecule has 0 bridgehead atoms. The fourth-order valence-electron chi connectivity index (χ4n) is 1.76. The number of rotatable bonds is 7. The van der Waals surface area contributed by atoms with Gasteiger partial charge in [-0.2, -0.15) is 0 Å². The lowest BCUT2D eigenvalue weighted by atomic mass is 9.99. The zero-order chi connectivity index (χ0) is 15.1. The van der Waals surface area contributed by atoms with Gasteiger partial charge in [0.1, 0.15) is 6.04 Å². The number of carbonyl (C=O) groups excluding carboxylic acids is 1. The van der Waals surface area contributed by atoms with E-state index in [1.165, 1.54) is 11.8 Å². The summed E-state index contributed by atoms with van der Waals surface area (Å²) in [4.78, 5) is 24.0. The van der Waals surface area contributed by atoms with Gasteiger partial charge in [-0.3, -0.25) is 4.79 Å². The third kappa shape index (κ3) is 4.89. The summed E-state index contributed by atoms with van der Waals surface area (Å²) in [5.41, 5.74) is 1.11. The number of nitrogens with one attached hydrogen (secondary N) is 1. The Morgan fingerprint density at radius 2 is 2.00 bits per heavy atom. The highest BCUT2D eigenvalue weighted by Gasteiger charge is 2.25. The molecule has 0 aromatic heterocycles. The average Bonchev–Trinajstić information content (AvgIpc) is 2.42. The van der Waals surface area contributed by atoms with Crippen molar-refractivity contribution in [1.82, 2.24) is 5.32 Å². The lowest BCUT2D eigenvalue weighted by Gasteiger charge is -2.20. The zero-order valence-electron chi connectivity index (χ0n) is 12.1. The minimum absolute atomic E-state index is 0.0834. The number of carboxylic acid groups (broad SMARTS) is 1. The molecule has 4 nitrogen and oxygen atoms in total. The monoisotopic (exact) mass is 295 g/mol. The second kappa shape index (κ2) is 7.94. The van der Waals surface area contributed by atoms with Gasteiger partial charge in [0, 0.05) is 4.90 Å². The standard InChI is InChI=1S/C15H21NO3S/c1-4-10(2)14(15(18)19)16-13(17)9-20-12-8-6-5-7-11(12)3/h5-8,10,14H,4,9H2,1-3H3,(H,16,17)(H,18,19). The van der Waals surface area contributed by atoms with E-state index in [1.807, 2.05) is 45.0 Å². The number of thioether (sulfide) groups is 1. The van der Waals surface area contributed by atoms with Crippen molar-refractivity contribution < 1.29 is 14.7 Å². The van der Waals surface area contributed by atoms with Gasteiger partial charge in [0.15, 0.2) is 0 Å². The minimum Gasteiger partial charge on any atom is -0.480 e. The number of aryl methyl sites for hydroxylation is 1. The SMILES string of the molecule is CCC(C)C(NC(=O)CSc1ccccc1C)C(=O)O. The molecule has 0 aliphatic rings. The summed E-state index contributed by atoms with van der Waals surface area (Å²) in [7, 11) is 0. The Bertz CT molecular complexity index is 476. The van der Waals surface area contributed by atoms with Crippen molar-refractivity contribution in [1.29, 1.82) is 0 Å². The van der Waals surface area contributed by atoms with E-state index in [4.69, 9.17) is 5.11 Å². The third-order valence-electron chi connectivity index (χ3n) is 3.25. The van der Waals surface area contributed by atoms with Crippen LogP contribution >= 0.6 is 11.8 Å². The quantitative estimate of drug-likeness (QED) is 0.759. The molecule has 2 unspecified atom stereocenters. The van der Waals surface area contributed by atoms with Crippen molar-refractivity contribution in [2.75, 3.05) is 5.75 Å². The summed E-state index contributed by atoms with van der Waals surface area (Å²) in [6.07, 6.45) is 0.710. The van der Waals surface area contributed by atoms with E-state index in [1.54, 1.807) is 0 Å². The molecule has 0 fully saturated rings. The molecule has 1 aromatic rings. The number of hydrogen-bond acceptors (Lipinski definition) is 3. The highest BCUT2D eigenvalue weighted by atomic mass is 32.2. The van der Waals surface area contributed by atoms with Crippen LogP contribution in [0.15, 0.2) is 29.2 Å². The van der Waals surface area contributed by atoms with Gasteiger partial charge >= 0.3 is 5.97 Å². The van der Waals surface area contributed by atoms with E-state index < -0.39 is 12.0 Å². The van der Waals surface area contributed by atoms with Crippen LogP contribution < -0.4 is 5.32 Å². The van der Waals surface area contributed by atoms with Crippen LogP contribution in [0, 0.1) is 12.8 Å². The molecule has 0 saturated heterocycles. The first kappa shape index (κ1) is 16.6. The number of carboxylic acids is 1. The van der Waals surface area contributed by atoms with E-state index in [0.29, 0.717) is 6.42 Å². The second-order valence-electron chi connectivity index (χ2n) is 4.82. The molecule has 5 heteroatoms. The number of benzene rings is 1. The first-order valence-corrected chi connectivity index (χ1v) is 7.64. The molecular weight excluding hydrogens is 274 g/mol. The first-order valence-electron chi connectivity index (χ1n) is 6.66. The van der Waals surface area contributed by atoms with Gasteiger partial charge in [-0.15, -0.1) is 11.8 Å². The smallest absolute Gasteiger partial charge is 0.326 e. The Morgan fingerprint density at radius 3 is 2.55 bits per heavy atom. The van der Waals surface area contributed by atoms with Gasteiger partial charge in [0.2, 0.25) is 5.91 Å². The Labute approximate surface area is 124 Å². The van der Waals surface area contributed by atoms with Crippen LogP contribution in [0.25, 0.3) is 0 Å². The van der Waals surface area contributed by atoms with Crippen LogP contribution in [0.2, 0.25) is 0 Å². The van der Waals surface area contributed by atoms with Crippen molar-refractivity contribution in [2.45, 2.75) is 38.1 Å². The van der Waals surface area contributed by atoms with Gasteiger partial charge in [-0.05, 0) is 24.5 Å². The molecule has 1 amide bonds. The van der Waals surface area contributed by atoms with Gasteiger partial charge in [-0.1, -0.05) is 38.5 Å². The summed E-state index contributed by atoms with van der Waals surface area (Å²) < 4.78 is 0. The van der Waals surface area contributed by atoms with Crippen molar-refractivity contribution >= 4 is 23.6 Å². The maximum absolute atomic E-state index is 11.9. The molecule has 0 aliphatic carbocycles. The minimum atomic E-state index is -0.978. The van der Waals surface area contributed by atoms with Crippen LogP contribution in [-0.4, -0.2) is 28.8 Å². The van der Waals surface area contributed by atoms with Gasteiger partial charge in [0.25, 0.3) is 0 Å². The zero-order valence-corrected chi connectivity index (χ0v) is 12.9. The molecule has 0 radical (unpaired) electrons. The Hall–Kier alpha value is -1.49. The fourth-order valence-corrected chi connectivity index (χ4v) is 2.60. The van der Waals surface area contributed by atoms with Crippen LogP contribution in [0.1, 0.15) is 25.8 Å². The molecule has 1 rings (SSSR count). The molecule has 0 saturated carbocycles. The number of hydrogen-bond donors (Lipinski definition) is 2. The molecule has 1 aromatic carbocycles. The third-order valence-corrected chi connectivity index (χ3v) is 4.42. The van der Waals surface area contributed by atoms with Crippen LogP contribution in [0.3, 0.4) is 0 Å². The summed E-state index contributed by atoms with van der Waals surface area (Å²) >= 11 is 1.42. The van der Waals surface area contributed by atoms with Crippen molar-refractivity contribution in [3.8, 4) is 0 Å². The predicted molar refractivity (Wildman–Crippen MR) is 80.9 cm³/mol. The normalized spacial score (nSPS) is 13.6. The summed E-state index contributed by atoms with van der Waals surface area (Å²) in [6.45, 7) is 5.72. The highest BCUT2D eigenvalue weighted by molar-refractivity contribution is 8.00. The summed E-state index contributed by atoms with van der Waals surface area (Å²) in [6, 6.07) is 7.00. The Balaban J connectivity index is 2.55. The van der Waals surface area contributed by atoms with Crippen LogP contribution in [-0.2, 0) is 9.59 Å². The molecule has 0 spiro atoms. The molecule has 2 N–H and O–H groups in total. The Morgan fingerprint density at radius 1 is 1.35 bits per heavy atom.